The molecule has 5 heteroatoms. The van der Waals surface area contributed by atoms with Crippen LogP contribution in [0.4, 0.5) is 0 Å². The number of imidazole rings is 1. The molecule has 2 aromatic heterocycles. The third-order valence-electron chi connectivity index (χ3n) is 5.69. The van der Waals surface area contributed by atoms with Crippen LogP contribution in [-0.4, -0.2) is 38.8 Å². The molecule has 5 rings (SSSR count). The van der Waals surface area contributed by atoms with Crippen molar-refractivity contribution in [2.24, 2.45) is 5.92 Å². The minimum Gasteiger partial charge on any atom is -0.350 e. The SMILES string of the molecule is O=C(c1cc2c(ccc3[nH]cnc32)[nH]1)N1CCC(Cc2ccccc2)CC1. The zero-order valence-corrected chi connectivity index (χ0v) is 15.1. The largest absolute Gasteiger partial charge is 0.350 e. The van der Waals surface area contributed by atoms with Crippen molar-refractivity contribution in [3.05, 3.63) is 66.1 Å². The van der Waals surface area contributed by atoms with Gasteiger partial charge in [0.2, 0.25) is 0 Å². The van der Waals surface area contributed by atoms with E-state index in [1.54, 1.807) is 6.33 Å². The molecule has 0 spiro atoms. The van der Waals surface area contributed by atoms with Crippen molar-refractivity contribution in [2.45, 2.75) is 19.3 Å². The summed E-state index contributed by atoms with van der Waals surface area (Å²) in [4.78, 5) is 25.7. The van der Waals surface area contributed by atoms with Gasteiger partial charge in [0.1, 0.15) is 5.69 Å². The van der Waals surface area contributed by atoms with E-state index in [1.165, 1.54) is 5.56 Å². The highest BCUT2D eigenvalue weighted by Gasteiger charge is 2.25. The van der Waals surface area contributed by atoms with Crippen LogP contribution in [0.1, 0.15) is 28.9 Å². The molecular formula is C22H22N4O. The number of carbonyl (C=O) groups excluding carboxylic acids is 1. The molecule has 0 aliphatic carbocycles. The summed E-state index contributed by atoms with van der Waals surface area (Å²) in [5, 5.41) is 0.996. The Morgan fingerprint density at radius 2 is 1.85 bits per heavy atom. The van der Waals surface area contributed by atoms with E-state index < -0.39 is 0 Å². The Balaban J connectivity index is 1.30. The lowest BCUT2D eigenvalue weighted by atomic mass is 9.90. The van der Waals surface area contributed by atoms with Crippen molar-refractivity contribution in [1.82, 2.24) is 19.9 Å². The average Bonchev–Trinajstić information content (AvgIpc) is 3.35. The normalized spacial score (nSPS) is 15.6. The van der Waals surface area contributed by atoms with E-state index in [0.29, 0.717) is 11.6 Å². The van der Waals surface area contributed by atoms with Crippen LogP contribution >= 0.6 is 0 Å². The van der Waals surface area contributed by atoms with Crippen molar-refractivity contribution >= 4 is 27.8 Å². The molecule has 1 aliphatic heterocycles. The van der Waals surface area contributed by atoms with Gasteiger partial charge in [-0.05, 0) is 48.9 Å². The van der Waals surface area contributed by atoms with Crippen LogP contribution in [0, 0.1) is 5.92 Å². The number of aromatic nitrogens is 3. The predicted molar refractivity (Wildman–Crippen MR) is 107 cm³/mol. The van der Waals surface area contributed by atoms with Gasteiger partial charge in [-0.25, -0.2) is 4.98 Å². The second kappa shape index (κ2) is 6.58. The van der Waals surface area contributed by atoms with Gasteiger partial charge in [0, 0.05) is 24.0 Å². The van der Waals surface area contributed by atoms with Crippen LogP contribution in [0.15, 0.2) is 54.9 Å². The van der Waals surface area contributed by atoms with Crippen LogP contribution in [0.2, 0.25) is 0 Å². The fraction of sp³-hybridized carbons (Fsp3) is 0.273. The number of carbonyl (C=O) groups is 1. The summed E-state index contributed by atoms with van der Waals surface area (Å²) in [5.41, 5.74) is 4.89. The molecule has 136 valence electrons. The zero-order chi connectivity index (χ0) is 18.2. The lowest BCUT2D eigenvalue weighted by Gasteiger charge is -2.31. The van der Waals surface area contributed by atoms with Gasteiger partial charge in [-0.2, -0.15) is 0 Å². The van der Waals surface area contributed by atoms with Crippen molar-refractivity contribution in [3.8, 4) is 0 Å². The molecule has 2 N–H and O–H groups in total. The van der Waals surface area contributed by atoms with Gasteiger partial charge in [0.25, 0.3) is 5.91 Å². The molecule has 3 heterocycles. The first-order chi connectivity index (χ1) is 13.3. The van der Waals surface area contributed by atoms with E-state index >= 15 is 0 Å². The summed E-state index contributed by atoms with van der Waals surface area (Å²) < 4.78 is 0. The maximum Gasteiger partial charge on any atom is 0.270 e. The summed E-state index contributed by atoms with van der Waals surface area (Å²) in [5.74, 6) is 0.746. The molecule has 1 amide bonds. The van der Waals surface area contributed by atoms with Gasteiger partial charge in [-0.3, -0.25) is 4.79 Å². The molecule has 27 heavy (non-hydrogen) atoms. The van der Waals surface area contributed by atoms with Crippen LogP contribution in [0.25, 0.3) is 21.9 Å². The number of amides is 1. The predicted octanol–water partition coefficient (Wildman–Crippen LogP) is 4.14. The molecule has 0 radical (unpaired) electrons. The second-order valence-corrected chi connectivity index (χ2v) is 7.43. The molecular weight excluding hydrogens is 336 g/mol. The van der Waals surface area contributed by atoms with Crippen LogP contribution in [0.5, 0.6) is 0 Å². The number of aromatic amines is 2. The summed E-state index contributed by atoms with van der Waals surface area (Å²) in [6, 6.07) is 16.6. The maximum absolute atomic E-state index is 13.0. The van der Waals surface area contributed by atoms with Gasteiger partial charge < -0.3 is 14.9 Å². The van der Waals surface area contributed by atoms with Crippen molar-refractivity contribution in [1.29, 1.82) is 0 Å². The van der Waals surface area contributed by atoms with Gasteiger partial charge in [-0.1, -0.05) is 30.3 Å². The van der Waals surface area contributed by atoms with E-state index in [9.17, 15) is 4.79 Å². The van der Waals surface area contributed by atoms with E-state index in [-0.39, 0.29) is 5.91 Å². The number of H-pyrrole nitrogens is 2. The van der Waals surface area contributed by atoms with Crippen molar-refractivity contribution in [3.63, 3.8) is 0 Å². The highest BCUT2D eigenvalue weighted by molar-refractivity contribution is 6.07. The first kappa shape index (κ1) is 16.1. The Bertz CT molecular complexity index is 1090. The Labute approximate surface area is 157 Å². The number of nitrogens with zero attached hydrogens (tertiary/aromatic N) is 2. The van der Waals surface area contributed by atoms with E-state index in [1.807, 2.05) is 23.1 Å². The lowest BCUT2D eigenvalue weighted by Crippen LogP contribution is -2.39. The first-order valence-corrected chi connectivity index (χ1v) is 9.56. The molecule has 0 saturated carbocycles. The van der Waals surface area contributed by atoms with Gasteiger partial charge >= 0.3 is 0 Å². The second-order valence-electron chi connectivity index (χ2n) is 7.43. The minimum absolute atomic E-state index is 0.0908. The molecule has 1 fully saturated rings. The highest BCUT2D eigenvalue weighted by atomic mass is 16.2. The Morgan fingerprint density at radius 3 is 2.67 bits per heavy atom. The third kappa shape index (κ3) is 2.99. The highest BCUT2D eigenvalue weighted by Crippen LogP contribution is 2.26. The average molecular weight is 358 g/mol. The summed E-state index contributed by atoms with van der Waals surface area (Å²) in [6.45, 7) is 1.65. The maximum atomic E-state index is 13.0. The lowest BCUT2D eigenvalue weighted by molar-refractivity contribution is 0.0685. The molecule has 1 saturated heterocycles. The molecule has 4 aromatic rings. The number of nitrogens with one attached hydrogen (secondary N) is 2. The van der Waals surface area contributed by atoms with E-state index in [4.69, 9.17) is 0 Å². The summed E-state index contributed by atoms with van der Waals surface area (Å²) in [7, 11) is 0. The number of likely N-dealkylation sites (tertiary alicyclic amines) is 1. The number of hydrogen-bond acceptors (Lipinski definition) is 2. The smallest absolute Gasteiger partial charge is 0.270 e. The Hall–Kier alpha value is -3.08. The number of piperidine rings is 1. The number of rotatable bonds is 3. The topological polar surface area (TPSA) is 64.8 Å². The molecule has 5 nitrogen and oxygen atoms in total. The molecule has 0 bridgehead atoms. The summed E-state index contributed by atoms with van der Waals surface area (Å²) >= 11 is 0. The van der Waals surface area contributed by atoms with Gasteiger partial charge in [0.05, 0.1) is 17.4 Å². The third-order valence-corrected chi connectivity index (χ3v) is 5.69. The Morgan fingerprint density at radius 1 is 1.07 bits per heavy atom. The van der Waals surface area contributed by atoms with Crippen LogP contribution in [-0.2, 0) is 6.42 Å². The van der Waals surface area contributed by atoms with E-state index in [2.05, 4.69) is 45.3 Å². The molecule has 0 unspecified atom stereocenters. The number of fused-ring (bicyclic) bond motifs is 3. The van der Waals surface area contributed by atoms with Crippen LogP contribution in [0.3, 0.4) is 0 Å². The van der Waals surface area contributed by atoms with Gasteiger partial charge in [0.15, 0.2) is 0 Å². The monoisotopic (exact) mass is 358 g/mol. The van der Waals surface area contributed by atoms with E-state index in [0.717, 1.165) is 54.3 Å². The van der Waals surface area contributed by atoms with Gasteiger partial charge in [-0.15, -0.1) is 0 Å². The standard InChI is InChI=1S/C22H22N4O/c27-22(20-13-17-18(25-20)6-7-19-21(17)24-14-23-19)26-10-8-16(9-11-26)12-15-4-2-1-3-5-15/h1-7,13-14,16,25H,8-12H2,(H,23,24). The molecule has 0 atom stereocenters. The van der Waals surface area contributed by atoms with Crippen molar-refractivity contribution < 1.29 is 4.79 Å². The molecule has 2 aromatic carbocycles. The Kier molecular flexibility index (Phi) is 3.93. The minimum atomic E-state index is 0.0908. The summed E-state index contributed by atoms with van der Waals surface area (Å²) in [6.07, 6.45) is 4.91. The first-order valence-electron chi connectivity index (χ1n) is 9.56. The van der Waals surface area contributed by atoms with Crippen LogP contribution < -0.4 is 0 Å². The fourth-order valence-electron chi connectivity index (χ4n) is 4.18. The fourth-order valence-corrected chi connectivity index (χ4v) is 4.18. The zero-order valence-electron chi connectivity index (χ0n) is 15.1. The van der Waals surface area contributed by atoms with Crippen molar-refractivity contribution in [2.75, 3.05) is 13.1 Å². The quantitative estimate of drug-likeness (QED) is 0.578. The number of benzene rings is 2. The molecule has 1 aliphatic rings. The number of hydrogen-bond donors (Lipinski definition) is 2.